The quantitative estimate of drug-likeness (QED) is 0.542. The molecule has 2 fully saturated rings. The summed E-state index contributed by atoms with van der Waals surface area (Å²) < 4.78 is 5.27. The van der Waals surface area contributed by atoms with Gasteiger partial charge in [-0.05, 0) is 19.3 Å². The smallest absolute Gasteiger partial charge is 0.334 e. The monoisotopic (exact) mass is 192 g/mol. The summed E-state index contributed by atoms with van der Waals surface area (Å²) in [4.78, 5) is 23.1. The molecule has 1 saturated carbocycles. The standard InChI is InChI=1S/C11H12O3/c12-8-4-5-9-10-6(8)2-1-3-7(10)11(13)14-9/h3,6,9-10H,1-2,4-5H2. The molecule has 3 aliphatic rings. The van der Waals surface area contributed by atoms with Crippen molar-refractivity contribution in [2.24, 2.45) is 11.8 Å². The Kier molecular flexibility index (Phi) is 1.58. The van der Waals surface area contributed by atoms with Crippen LogP contribution >= 0.6 is 0 Å². The summed E-state index contributed by atoms with van der Waals surface area (Å²) in [6.45, 7) is 0. The first-order chi connectivity index (χ1) is 6.77. The van der Waals surface area contributed by atoms with Crippen molar-refractivity contribution in [2.45, 2.75) is 31.8 Å². The second-order valence-electron chi connectivity index (χ2n) is 4.32. The average molecular weight is 192 g/mol. The molecule has 3 rings (SSSR count). The highest BCUT2D eigenvalue weighted by molar-refractivity contribution is 5.95. The fraction of sp³-hybridized carbons (Fsp3) is 0.636. The zero-order valence-corrected chi connectivity index (χ0v) is 7.86. The van der Waals surface area contributed by atoms with Gasteiger partial charge < -0.3 is 4.74 Å². The molecule has 0 aromatic rings. The second-order valence-corrected chi connectivity index (χ2v) is 4.32. The highest BCUT2D eigenvalue weighted by atomic mass is 16.6. The van der Waals surface area contributed by atoms with Crippen LogP contribution in [0.15, 0.2) is 11.6 Å². The van der Waals surface area contributed by atoms with E-state index < -0.39 is 0 Å². The SMILES string of the molecule is O=C1OC2CCC(=O)C3CCC=C1C23. The molecular formula is C11H12O3. The molecule has 0 N–H and O–H groups in total. The third kappa shape index (κ3) is 0.925. The van der Waals surface area contributed by atoms with E-state index in [0.717, 1.165) is 24.8 Å². The minimum absolute atomic E-state index is 0.00301. The van der Waals surface area contributed by atoms with Crippen LogP contribution in [0.1, 0.15) is 25.7 Å². The molecule has 3 nitrogen and oxygen atoms in total. The molecule has 0 amide bonds. The summed E-state index contributed by atoms with van der Waals surface area (Å²) in [7, 11) is 0. The van der Waals surface area contributed by atoms with Crippen LogP contribution in [0.2, 0.25) is 0 Å². The van der Waals surface area contributed by atoms with Crippen LogP contribution in [-0.2, 0) is 14.3 Å². The molecule has 0 aromatic heterocycles. The molecule has 0 radical (unpaired) electrons. The lowest BCUT2D eigenvalue weighted by Gasteiger charge is -2.32. The van der Waals surface area contributed by atoms with E-state index >= 15 is 0 Å². The zero-order chi connectivity index (χ0) is 9.71. The van der Waals surface area contributed by atoms with Crippen molar-refractivity contribution in [3.8, 4) is 0 Å². The summed E-state index contributed by atoms with van der Waals surface area (Å²) in [5.41, 5.74) is 0.777. The van der Waals surface area contributed by atoms with E-state index in [1.165, 1.54) is 0 Å². The molecule has 1 aliphatic heterocycles. The van der Waals surface area contributed by atoms with Crippen molar-refractivity contribution in [3.63, 3.8) is 0 Å². The van der Waals surface area contributed by atoms with Gasteiger partial charge in [0.25, 0.3) is 0 Å². The molecule has 2 aliphatic carbocycles. The third-order valence-electron chi connectivity index (χ3n) is 3.62. The average Bonchev–Trinajstić information content (AvgIpc) is 2.52. The fourth-order valence-corrected chi connectivity index (χ4v) is 2.98. The Labute approximate surface area is 82.1 Å². The Morgan fingerprint density at radius 2 is 2.14 bits per heavy atom. The number of ether oxygens (including phenoxy) is 1. The van der Waals surface area contributed by atoms with E-state index in [1.807, 2.05) is 6.08 Å². The Hall–Kier alpha value is -1.12. The van der Waals surface area contributed by atoms with Gasteiger partial charge in [-0.15, -0.1) is 0 Å². The summed E-state index contributed by atoms with van der Waals surface area (Å²) in [5.74, 6) is 0.312. The van der Waals surface area contributed by atoms with Gasteiger partial charge in [-0.2, -0.15) is 0 Å². The second kappa shape index (κ2) is 2.69. The molecule has 0 aromatic carbocycles. The zero-order valence-electron chi connectivity index (χ0n) is 7.86. The lowest BCUT2D eigenvalue weighted by Crippen LogP contribution is -2.37. The maximum absolute atomic E-state index is 11.7. The van der Waals surface area contributed by atoms with E-state index in [1.54, 1.807) is 0 Å². The van der Waals surface area contributed by atoms with Crippen molar-refractivity contribution >= 4 is 11.8 Å². The maximum atomic E-state index is 11.7. The highest BCUT2D eigenvalue weighted by Crippen LogP contribution is 2.45. The van der Waals surface area contributed by atoms with E-state index in [-0.39, 0.29) is 23.9 Å². The summed E-state index contributed by atoms with van der Waals surface area (Å²) in [6.07, 6.45) is 5.03. The van der Waals surface area contributed by atoms with Crippen molar-refractivity contribution in [1.82, 2.24) is 0 Å². The van der Waals surface area contributed by atoms with Gasteiger partial charge in [0.05, 0.1) is 0 Å². The van der Waals surface area contributed by atoms with Gasteiger partial charge in [0, 0.05) is 23.8 Å². The molecule has 3 unspecified atom stereocenters. The van der Waals surface area contributed by atoms with Gasteiger partial charge in [-0.1, -0.05) is 6.08 Å². The molecule has 74 valence electrons. The van der Waals surface area contributed by atoms with Gasteiger partial charge >= 0.3 is 5.97 Å². The van der Waals surface area contributed by atoms with Gasteiger partial charge in [0.1, 0.15) is 11.9 Å². The summed E-state index contributed by atoms with van der Waals surface area (Å²) in [6, 6.07) is 0. The van der Waals surface area contributed by atoms with Gasteiger partial charge in [0.15, 0.2) is 0 Å². The number of esters is 1. The fourth-order valence-electron chi connectivity index (χ4n) is 2.98. The first-order valence-electron chi connectivity index (χ1n) is 5.21. The maximum Gasteiger partial charge on any atom is 0.334 e. The number of carbonyl (C=O) groups excluding carboxylic acids is 2. The molecule has 0 bridgehead atoms. The normalized spacial score (nSPS) is 40.3. The Morgan fingerprint density at radius 1 is 1.29 bits per heavy atom. The van der Waals surface area contributed by atoms with Crippen LogP contribution < -0.4 is 0 Å². The predicted molar refractivity (Wildman–Crippen MR) is 48.4 cm³/mol. The number of Topliss-reactive ketones (excluding diaryl/α,β-unsaturated/α-hetero) is 1. The molecule has 14 heavy (non-hydrogen) atoms. The van der Waals surface area contributed by atoms with Crippen LogP contribution in [0.3, 0.4) is 0 Å². The third-order valence-corrected chi connectivity index (χ3v) is 3.62. The van der Waals surface area contributed by atoms with Crippen LogP contribution in [0.25, 0.3) is 0 Å². The molecule has 3 heteroatoms. The number of hydrogen-bond acceptors (Lipinski definition) is 3. The molecule has 3 atom stereocenters. The molecule has 1 heterocycles. The van der Waals surface area contributed by atoms with Crippen molar-refractivity contribution < 1.29 is 14.3 Å². The number of hydrogen-bond donors (Lipinski definition) is 0. The number of ketones is 1. The van der Waals surface area contributed by atoms with Gasteiger partial charge in [0.2, 0.25) is 0 Å². The topological polar surface area (TPSA) is 43.4 Å². The Bertz CT molecular complexity index is 342. The first-order valence-corrected chi connectivity index (χ1v) is 5.21. The lowest BCUT2D eigenvalue weighted by molar-refractivity contribution is -0.142. The summed E-state index contributed by atoms with van der Waals surface area (Å²) >= 11 is 0. The van der Waals surface area contributed by atoms with E-state index in [0.29, 0.717) is 12.2 Å². The van der Waals surface area contributed by atoms with Gasteiger partial charge in [-0.3, -0.25) is 4.79 Å². The van der Waals surface area contributed by atoms with Crippen LogP contribution in [0.4, 0.5) is 0 Å². The first kappa shape index (κ1) is 8.21. The van der Waals surface area contributed by atoms with Crippen LogP contribution in [0, 0.1) is 11.8 Å². The molecule has 0 spiro atoms. The van der Waals surface area contributed by atoms with Crippen LogP contribution in [0.5, 0.6) is 0 Å². The van der Waals surface area contributed by atoms with Crippen molar-refractivity contribution in [2.75, 3.05) is 0 Å². The minimum Gasteiger partial charge on any atom is -0.458 e. The lowest BCUT2D eigenvalue weighted by atomic mass is 9.69. The van der Waals surface area contributed by atoms with E-state index in [9.17, 15) is 9.59 Å². The van der Waals surface area contributed by atoms with Crippen molar-refractivity contribution in [1.29, 1.82) is 0 Å². The molecule has 1 saturated heterocycles. The minimum atomic E-state index is -0.181. The van der Waals surface area contributed by atoms with Gasteiger partial charge in [-0.25, -0.2) is 4.79 Å². The molecular weight excluding hydrogens is 180 g/mol. The summed E-state index contributed by atoms with van der Waals surface area (Å²) in [5, 5.41) is 0. The predicted octanol–water partition coefficient (Wildman–Crippen LogP) is 1.23. The number of carbonyl (C=O) groups is 2. The van der Waals surface area contributed by atoms with Crippen molar-refractivity contribution in [3.05, 3.63) is 11.6 Å². The Balaban J connectivity index is 2.04. The number of allylic oxidation sites excluding steroid dienone is 1. The van der Waals surface area contributed by atoms with Crippen LogP contribution in [-0.4, -0.2) is 17.9 Å². The van der Waals surface area contributed by atoms with E-state index in [2.05, 4.69) is 0 Å². The highest BCUT2D eigenvalue weighted by Gasteiger charge is 2.50. The largest absolute Gasteiger partial charge is 0.458 e. The number of rotatable bonds is 0. The Morgan fingerprint density at radius 3 is 3.00 bits per heavy atom. The van der Waals surface area contributed by atoms with E-state index in [4.69, 9.17) is 4.74 Å².